The van der Waals surface area contributed by atoms with Gasteiger partial charge in [0.15, 0.2) is 5.17 Å². The zero-order chi connectivity index (χ0) is 29.5. The summed E-state index contributed by atoms with van der Waals surface area (Å²) in [5, 5.41) is 5.96. The summed E-state index contributed by atoms with van der Waals surface area (Å²) in [4.78, 5) is 50.4. The quantitative estimate of drug-likeness (QED) is 0.336. The molecule has 0 saturated carbocycles. The van der Waals surface area contributed by atoms with Gasteiger partial charge in [-0.05, 0) is 49.4 Å². The van der Waals surface area contributed by atoms with Gasteiger partial charge in [-0.15, -0.1) is 0 Å². The summed E-state index contributed by atoms with van der Waals surface area (Å²) >= 11 is 1.27. The number of fused-ring (bicyclic) bond motifs is 3. The number of thioether (sulfide) groups is 1. The standard InChI is InChI=1S/C33H35N5O3S/c1-3-28(31(40)35-21-24-15-13-22(2)14-16-24)42-33-37-26-12-8-7-11-25(26)30-36-27(32(41)38(30)33)17-18-29(39)34-20-19-23-9-5-4-6-10-23/h4-16,27-28H,3,17-21H2,1-2H3,(H,34,39)(H,35,40)/t27-,28-/m0/s1. The highest BCUT2D eigenvalue weighted by Crippen LogP contribution is 2.35. The number of amides is 3. The molecule has 2 aliphatic heterocycles. The van der Waals surface area contributed by atoms with Crippen LogP contribution in [0.1, 0.15) is 48.4 Å². The highest BCUT2D eigenvalue weighted by atomic mass is 32.2. The van der Waals surface area contributed by atoms with E-state index in [4.69, 9.17) is 9.98 Å². The number of nitrogens with one attached hydrogen (secondary N) is 2. The Bertz CT molecular complexity index is 1500. The summed E-state index contributed by atoms with van der Waals surface area (Å²) in [6.07, 6.45) is 1.79. The predicted octanol–water partition coefficient (Wildman–Crippen LogP) is 4.92. The third kappa shape index (κ3) is 6.97. The van der Waals surface area contributed by atoms with Crippen molar-refractivity contribution in [3.8, 4) is 0 Å². The molecular formula is C33H35N5O3S. The number of amidine groups is 2. The maximum Gasteiger partial charge on any atom is 0.259 e. The maximum absolute atomic E-state index is 13.6. The largest absolute Gasteiger partial charge is 0.356 e. The van der Waals surface area contributed by atoms with E-state index in [9.17, 15) is 14.4 Å². The Morgan fingerprint density at radius 2 is 1.69 bits per heavy atom. The Balaban J connectivity index is 1.23. The molecule has 0 unspecified atom stereocenters. The predicted molar refractivity (Wildman–Crippen MR) is 168 cm³/mol. The molecule has 0 radical (unpaired) electrons. The molecule has 0 fully saturated rings. The molecule has 0 bridgehead atoms. The number of aliphatic imine (C=N–C) groups is 2. The lowest BCUT2D eigenvalue weighted by molar-refractivity contribution is -0.125. The van der Waals surface area contributed by atoms with Gasteiger partial charge in [-0.25, -0.2) is 9.89 Å². The first-order valence-electron chi connectivity index (χ1n) is 14.3. The van der Waals surface area contributed by atoms with Crippen molar-refractivity contribution >= 4 is 46.2 Å². The van der Waals surface area contributed by atoms with E-state index in [0.717, 1.165) is 28.7 Å². The van der Waals surface area contributed by atoms with Crippen LogP contribution >= 0.6 is 11.8 Å². The summed E-state index contributed by atoms with van der Waals surface area (Å²) in [7, 11) is 0. The van der Waals surface area contributed by atoms with Crippen LogP contribution in [-0.2, 0) is 27.3 Å². The lowest BCUT2D eigenvalue weighted by Crippen LogP contribution is -2.43. The van der Waals surface area contributed by atoms with Gasteiger partial charge in [0, 0.05) is 25.1 Å². The van der Waals surface area contributed by atoms with Gasteiger partial charge in [0.25, 0.3) is 5.91 Å². The molecule has 0 saturated heterocycles. The van der Waals surface area contributed by atoms with Crippen molar-refractivity contribution < 1.29 is 14.4 Å². The van der Waals surface area contributed by atoms with Crippen LogP contribution in [0.2, 0.25) is 0 Å². The fraction of sp³-hybridized carbons (Fsp3) is 0.303. The second kappa shape index (κ2) is 13.6. The van der Waals surface area contributed by atoms with Gasteiger partial charge in [0.05, 0.1) is 10.9 Å². The first-order chi connectivity index (χ1) is 20.4. The number of hydrogen-bond donors (Lipinski definition) is 2. The van der Waals surface area contributed by atoms with Gasteiger partial charge >= 0.3 is 0 Å². The Kier molecular flexibility index (Phi) is 9.48. The zero-order valence-corrected chi connectivity index (χ0v) is 24.7. The molecule has 3 aromatic rings. The molecule has 0 spiro atoms. The lowest BCUT2D eigenvalue weighted by Gasteiger charge is -2.27. The number of benzene rings is 3. The minimum Gasteiger partial charge on any atom is -0.356 e. The van der Waals surface area contributed by atoms with Gasteiger partial charge < -0.3 is 10.6 Å². The molecule has 42 heavy (non-hydrogen) atoms. The Morgan fingerprint density at radius 3 is 2.45 bits per heavy atom. The van der Waals surface area contributed by atoms with Gasteiger partial charge in [-0.2, -0.15) is 0 Å². The number of aryl methyl sites for hydroxylation is 1. The van der Waals surface area contributed by atoms with E-state index in [-0.39, 0.29) is 24.1 Å². The average molecular weight is 582 g/mol. The highest BCUT2D eigenvalue weighted by Gasteiger charge is 2.42. The number of carbonyl (C=O) groups excluding carboxylic acids is 3. The van der Waals surface area contributed by atoms with Crippen molar-refractivity contribution in [1.82, 2.24) is 15.5 Å². The minimum atomic E-state index is -0.688. The van der Waals surface area contributed by atoms with Crippen molar-refractivity contribution in [3.05, 3.63) is 101 Å². The Labute approximate surface area is 250 Å². The van der Waals surface area contributed by atoms with E-state index in [1.165, 1.54) is 16.7 Å². The second-order valence-corrected chi connectivity index (χ2v) is 11.6. The fourth-order valence-corrected chi connectivity index (χ4v) is 5.92. The molecule has 0 aliphatic carbocycles. The van der Waals surface area contributed by atoms with Gasteiger partial charge in [0.2, 0.25) is 11.8 Å². The lowest BCUT2D eigenvalue weighted by atomic mass is 10.1. The van der Waals surface area contributed by atoms with E-state index >= 15 is 0 Å². The first-order valence-corrected chi connectivity index (χ1v) is 15.2. The van der Waals surface area contributed by atoms with E-state index < -0.39 is 11.3 Å². The van der Waals surface area contributed by atoms with Crippen LogP contribution in [0, 0.1) is 6.92 Å². The average Bonchev–Trinajstić information content (AvgIpc) is 3.35. The number of carbonyl (C=O) groups is 3. The van der Waals surface area contributed by atoms with Crippen LogP contribution in [-0.4, -0.2) is 51.5 Å². The molecule has 2 aliphatic rings. The fourth-order valence-electron chi connectivity index (χ4n) is 4.87. The van der Waals surface area contributed by atoms with Gasteiger partial charge in [0.1, 0.15) is 11.9 Å². The normalized spacial score (nSPS) is 16.2. The molecule has 2 N–H and O–H groups in total. The minimum absolute atomic E-state index is 0.108. The number of para-hydroxylation sites is 1. The van der Waals surface area contributed by atoms with Crippen molar-refractivity contribution in [1.29, 1.82) is 0 Å². The molecular weight excluding hydrogens is 546 g/mol. The van der Waals surface area contributed by atoms with Gasteiger partial charge in [-0.3, -0.25) is 19.4 Å². The Hall–Kier alpha value is -4.24. The van der Waals surface area contributed by atoms with E-state index in [1.54, 1.807) is 0 Å². The first kappa shape index (κ1) is 29.3. The smallest absolute Gasteiger partial charge is 0.259 e. The van der Waals surface area contributed by atoms with Crippen molar-refractivity contribution in [2.24, 2.45) is 9.98 Å². The van der Waals surface area contributed by atoms with Gasteiger partial charge in [-0.1, -0.05) is 91.0 Å². The third-order valence-electron chi connectivity index (χ3n) is 7.27. The summed E-state index contributed by atoms with van der Waals surface area (Å²) in [5.41, 5.74) is 4.81. The zero-order valence-electron chi connectivity index (χ0n) is 23.9. The highest BCUT2D eigenvalue weighted by molar-refractivity contribution is 8.15. The number of nitrogens with zero attached hydrogens (tertiary/aromatic N) is 3. The van der Waals surface area contributed by atoms with E-state index in [2.05, 4.69) is 10.6 Å². The van der Waals surface area contributed by atoms with Crippen LogP contribution in [0.3, 0.4) is 0 Å². The Morgan fingerprint density at radius 1 is 0.952 bits per heavy atom. The topological polar surface area (TPSA) is 103 Å². The maximum atomic E-state index is 13.6. The SMILES string of the molecule is CC[C@H](SC1=Nc2ccccc2C2=N[C@@H](CCC(=O)NCCc3ccccc3)C(=O)N12)C(=O)NCc1ccc(C)cc1. The molecule has 3 aromatic carbocycles. The summed E-state index contributed by atoms with van der Waals surface area (Å²) in [5.74, 6) is 0.0810. The molecule has 9 heteroatoms. The molecule has 5 rings (SSSR count). The van der Waals surface area contributed by atoms with Crippen LogP contribution in [0.15, 0.2) is 88.8 Å². The summed E-state index contributed by atoms with van der Waals surface area (Å²) in [6, 6.07) is 24.9. The summed E-state index contributed by atoms with van der Waals surface area (Å²) < 4.78 is 0. The monoisotopic (exact) mass is 581 g/mol. The summed E-state index contributed by atoms with van der Waals surface area (Å²) in [6.45, 7) is 4.93. The molecule has 8 nitrogen and oxygen atoms in total. The molecule has 2 atom stereocenters. The van der Waals surface area contributed by atoms with Crippen LogP contribution in [0.4, 0.5) is 5.69 Å². The number of rotatable bonds is 11. The molecule has 3 amide bonds. The molecule has 216 valence electrons. The molecule has 0 aromatic heterocycles. The van der Waals surface area contributed by atoms with E-state index in [1.807, 2.05) is 92.7 Å². The third-order valence-corrected chi connectivity index (χ3v) is 8.59. The van der Waals surface area contributed by atoms with Crippen LogP contribution < -0.4 is 10.6 Å². The molecule has 2 heterocycles. The van der Waals surface area contributed by atoms with Crippen LogP contribution in [0.25, 0.3) is 0 Å². The van der Waals surface area contributed by atoms with Crippen LogP contribution in [0.5, 0.6) is 0 Å². The van der Waals surface area contributed by atoms with E-state index in [0.29, 0.717) is 42.6 Å². The number of hydrogen-bond acceptors (Lipinski definition) is 6. The van der Waals surface area contributed by atoms with Crippen molar-refractivity contribution in [2.45, 2.75) is 57.4 Å². The van der Waals surface area contributed by atoms with Crippen molar-refractivity contribution in [3.63, 3.8) is 0 Å². The van der Waals surface area contributed by atoms with Crippen molar-refractivity contribution in [2.75, 3.05) is 6.54 Å². The second-order valence-electron chi connectivity index (χ2n) is 10.4.